The highest BCUT2D eigenvalue weighted by atomic mass is 19.4. The molecular weight excluding hydrogens is 203 g/mol. The zero-order valence-electron chi connectivity index (χ0n) is 7.68. The molecule has 0 saturated heterocycles. The molecule has 0 aliphatic rings. The summed E-state index contributed by atoms with van der Waals surface area (Å²) in [6.07, 6.45) is -3.48. The lowest BCUT2D eigenvalue weighted by atomic mass is 10.2. The van der Waals surface area contributed by atoms with E-state index in [1.165, 1.54) is 0 Å². The van der Waals surface area contributed by atoms with Gasteiger partial charge in [-0.15, -0.1) is 0 Å². The molecular formula is C11H8F3N. The summed E-state index contributed by atoms with van der Waals surface area (Å²) in [4.78, 5) is 0. The van der Waals surface area contributed by atoms with E-state index in [4.69, 9.17) is 5.73 Å². The van der Waals surface area contributed by atoms with E-state index >= 15 is 0 Å². The molecule has 0 amide bonds. The largest absolute Gasteiger partial charge is 0.410 e. The van der Waals surface area contributed by atoms with E-state index in [9.17, 15) is 13.2 Å². The number of rotatable bonds is 0. The average molecular weight is 211 g/mol. The van der Waals surface area contributed by atoms with Crippen LogP contribution in [0, 0.1) is 11.8 Å². The number of alkyl halides is 3. The van der Waals surface area contributed by atoms with Gasteiger partial charge in [0.1, 0.15) is 0 Å². The third-order valence-electron chi connectivity index (χ3n) is 1.52. The van der Waals surface area contributed by atoms with E-state index in [0.717, 1.165) is 6.08 Å². The minimum absolute atomic E-state index is 0.0825. The number of para-hydroxylation sites is 1. The normalized spacial score (nSPS) is 11.1. The summed E-state index contributed by atoms with van der Waals surface area (Å²) in [5, 5.41) is 0. The Labute approximate surface area is 85.4 Å². The molecule has 0 saturated carbocycles. The molecule has 15 heavy (non-hydrogen) atoms. The molecule has 78 valence electrons. The van der Waals surface area contributed by atoms with Gasteiger partial charge in [-0.3, -0.25) is 0 Å². The molecule has 1 rings (SSSR count). The van der Waals surface area contributed by atoms with Crippen molar-refractivity contribution in [2.75, 3.05) is 5.73 Å². The third kappa shape index (κ3) is 4.23. The van der Waals surface area contributed by atoms with E-state index < -0.39 is 6.18 Å². The summed E-state index contributed by atoms with van der Waals surface area (Å²) in [6, 6.07) is 6.72. The van der Waals surface area contributed by atoms with Gasteiger partial charge in [-0.05, 0) is 18.2 Å². The first-order valence-electron chi connectivity index (χ1n) is 4.09. The van der Waals surface area contributed by atoms with Gasteiger partial charge in [0, 0.05) is 17.3 Å². The quantitative estimate of drug-likeness (QED) is 0.518. The molecule has 1 aromatic carbocycles. The van der Waals surface area contributed by atoms with E-state index in [1.807, 2.05) is 0 Å². The maximum atomic E-state index is 11.7. The monoisotopic (exact) mass is 211 g/mol. The van der Waals surface area contributed by atoms with Gasteiger partial charge in [-0.25, -0.2) is 0 Å². The lowest BCUT2D eigenvalue weighted by molar-refractivity contribution is -0.0797. The molecule has 0 aromatic heterocycles. The summed E-state index contributed by atoms with van der Waals surface area (Å²) in [5.41, 5.74) is 6.51. The van der Waals surface area contributed by atoms with E-state index in [0.29, 0.717) is 11.3 Å². The highest BCUT2D eigenvalue weighted by Gasteiger charge is 2.21. The lowest BCUT2D eigenvalue weighted by Gasteiger charge is -1.95. The predicted molar refractivity (Wildman–Crippen MR) is 52.9 cm³/mol. The number of hydrogen-bond acceptors (Lipinski definition) is 1. The summed E-state index contributed by atoms with van der Waals surface area (Å²) < 4.78 is 35.0. The number of benzene rings is 1. The van der Waals surface area contributed by atoms with Crippen LogP contribution in [0.15, 0.2) is 36.4 Å². The molecule has 0 aliphatic heterocycles. The van der Waals surface area contributed by atoms with Gasteiger partial charge in [0.25, 0.3) is 0 Å². The molecule has 0 radical (unpaired) electrons. The second-order valence-corrected chi connectivity index (χ2v) is 2.73. The van der Waals surface area contributed by atoms with E-state index in [1.54, 1.807) is 24.3 Å². The zero-order valence-corrected chi connectivity index (χ0v) is 7.68. The SMILES string of the molecule is Nc1ccccc1C#C/C=C/C(F)(F)F. The molecule has 1 nitrogen and oxygen atoms in total. The van der Waals surface area contributed by atoms with Crippen LogP contribution in [-0.2, 0) is 0 Å². The Balaban J connectivity index is 2.76. The highest BCUT2D eigenvalue weighted by molar-refractivity contribution is 5.56. The van der Waals surface area contributed by atoms with Crippen LogP contribution in [0.3, 0.4) is 0 Å². The van der Waals surface area contributed by atoms with Gasteiger partial charge < -0.3 is 5.73 Å². The molecule has 2 N–H and O–H groups in total. The second-order valence-electron chi connectivity index (χ2n) is 2.73. The summed E-state index contributed by atoms with van der Waals surface area (Å²) >= 11 is 0. The average Bonchev–Trinajstić information content (AvgIpc) is 2.13. The Morgan fingerprint density at radius 1 is 1.20 bits per heavy atom. The van der Waals surface area contributed by atoms with E-state index in [-0.39, 0.29) is 6.08 Å². The Morgan fingerprint density at radius 3 is 2.47 bits per heavy atom. The topological polar surface area (TPSA) is 26.0 Å². The fraction of sp³-hybridized carbons (Fsp3) is 0.0909. The van der Waals surface area contributed by atoms with Crippen molar-refractivity contribution in [3.8, 4) is 11.8 Å². The summed E-state index contributed by atoms with van der Waals surface area (Å²) in [7, 11) is 0. The van der Waals surface area contributed by atoms with Gasteiger partial charge in [-0.2, -0.15) is 13.2 Å². The molecule has 0 unspecified atom stereocenters. The van der Waals surface area contributed by atoms with Crippen molar-refractivity contribution in [3.63, 3.8) is 0 Å². The zero-order chi connectivity index (χ0) is 11.3. The minimum atomic E-state index is -4.32. The minimum Gasteiger partial charge on any atom is -0.398 e. The Hall–Kier alpha value is -1.89. The maximum Gasteiger partial charge on any atom is 0.410 e. The Morgan fingerprint density at radius 2 is 1.87 bits per heavy atom. The van der Waals surface area contributed by atoms with Crippen LogP contribution in [0.25, 0.3) is 0 Å². The van der Waals surface area contributed by atoms with Crippen LogP contribution in [-0.4, -0.2) is 6.18 Å². The smallest absolute Gasteiger partial charge is 0.398 e. The van der Waals surface area contributed by atoms with Crippen molar-refractivity contribution >= 4 is 5.69 Å². The lowest BCUT2D eigenvalue weighted by Crippen LogP contribution is -1.99. The third-order valence-corrected chi connectivity index (χ3v) is 1.52. The van der Waals surface area contributed by atoms with Crippen LogP contribution in [0.1, 0.15) is 5.56 Å². The summed E-state index contributed by atoms with van der Waals surface area (Å²) in [6.45, 7) is 0. The Kier molecular flexibility index (Phi) is 3.40. The van der Waals surface area contributed by atoms with Crippen LogP contribution < -0.4 is 5.73 Å². The highest BCUT2D eigenvalue weighted by Crippen LogP contribution is 2.15. The number of hydrogen-bond donors (Lipinski definition) is 1. The molecule has 0 spiro atoms. The van der Waals surface area contributed by atoms with Crippen LogP contribution >= 0.6 is 0 Å². The number of nitrogen functional groups attached to an aromatic ring is 1. The molecule has 4 heteroatoms. The number of nitrogens with two attached hydrogens (primary N) is 1. The van der Waals surface area contributed by atoms with Crippen molar-refractivity contribution in [2.45, 2.75) is 6.18 Å². The van der Waals surface area contributed by atoms with Crippen LogP contribution in [0.4, 0.5) is 18.9 Å². The second kappa shape index (κ2) is 4.56. The first-order valence-corrected chi connectivity index (χ1v) is 4.09. The summed E-state index contributed by atoms with van der Waals surface area (Å²) in [5.74, 6) is 4.79. The standard InChI is InChI=1S/C11H8F3N/c12-11(13,14)8-4-3-6-9-5-1-2-7-10(9)15/h1-2,4-5,7-8H,15H2/b8-4+. The van der Waals surface area contributed by atoms with Crippen LogP contribution in [0.2, 0.25) is 0 Å². The van der Waals surface area contributed by atoms with Crippen molar-refractivity contribution in [1.82, 2.24) is 0 Å². The number of anilines is 1. The van der Waals surface area contributed by atoms with Gasteiger partial charge in [0.05, 0.1) is 0 Å². The van der Waals surface area contributed by atoms with Gasteiger partial charge >= 0.3 is 6.18 Å². The molecule has 0 heterocycles. The molecule has 0 fully saturated rings. The fourth-order valence-electron chi connectivity index (χ4n) is 0.866. The van der Waals surface area contributed by atoms with Gasteiger partial charge in [0.15, 0.2) is 0 Å². The fourth-order valence-corrected chi connectivity index (χ4v) is 0.866. The first kappa shape index (κ1) is 11.2. The van der Waals surface area contributed by atoms with Gasteiger partial charge in [-0.1, -0.05) is 24.0 Å². The maximum absolute atomic E-state index is 11.7. The molecule has 0 aliphatic carbocycles. The van der Waals surface area contributed by atoms with Crippen LogP contribution in [0.5, 0.6) is 0 Å². The van der Waals surface area contributed by atoms with Crippen molar-refractivity contribution in [1.29, 1.82) is 0 Å². The first-order chi connectivity index (χ1) is 6.99. The molecule has 0 atom stereocenters. The van der Waals surface area contributed by atoms with Gasteiger partial charge in [0.2, 0.25) is 0 Å². The van der Waals surface area contributed by atoms with Crippen molar-refractivity contribution < 1.29 is 13.2 Å². The molecule has 0 bridgehead atoms. The molecule has 1 aromatic rings. The number of halogens is 3. The van der Waals surface area contributed by atoms with Crippen molar-refractivity contribution in [3.05, 3.63) is 42.0 Å². The van der Waals surface area contributed by atoms with Crippen molar-refractivity contribution in [2.24, 2.45) is 0 Å². The Bertz CT molecular complexity index is 421. The van der Waals surface area contributed by atoms with E-state index in [2.05, 4.69) is 11.8 Å². The number of allylic oxidation sites excluding steroid dienone is 2. The predicted octanol–water partition coefficient (Wildman–Crippen LogP) is 2.74.